The van der Waals surface area contributed by atoms with Crippen LogP contribution in [0.3, 0.4) is 0 Å². The Balaban J connectivity index is 1.84. The van der Waals surface area contributed by atoms with Crippen LogP contribution < -0.4 is 9.64 Å². The highest BCUT2D eigenvalue weighted by Crippen LogP contribution is 2.40. The Morgan fingerprint density at radius 1 is 0.676 bits per heavy atom. The molecular weight excluding hydrogens is 420 g/mol. The molecule has 0 fully saturated rings. The quantitative estimate of drug-likeness (QED) is 0.332. The second kappa shape index (κ2) is 9.26. The van der Waals surface area contributed by atoms with Crippen LogP contribution in [-0.2, 0) is 0 Å². The van der Waals surface area contributed by atoms with E-state index in [2.05, 4.69) is 93.8 Å². The molecule has 0 saturated heterocycles. The van der Waals surface area contributed by atoms with Crippen LogP contribution in [0.4, 0.5) is 11.4 Å². The number of aromatic nitrogens is 3. The predicted molar refractivity (Wildman–Crippen MR) is 140 cm³/mol. The maximum atomic E-state index is 5.32. The van der Waals surface area contributed by atoms with E-state index in [-0.39, 0.29) is 0 Å². The second-order valence-electron chi connectivity index (χ2n) is 8.88. The molecule has 1 aromatic heterocycles. The molecule has 0 aliphatic rings. The van der Waals surface area contributed by atoms with E-state index in [0.717, 1.165) is 33.7 Å². The summed E-state index contributed by atoms with van der Waals surface area (Å²) in [6, 6.07) is 14.4. The minimum atomic E-state index is 0.715. The lowest BCUT2D eigenvalue weighted by Gasteiger charge is -2.28. The first-order valence-electron chi connectivity index (χ1n) is 11.5. The van der Waals surface area contributed by atoms with Crippen LogP contribution >= 0.6 is 0 Å². The molecule has 0 aliphatic heterocycles. The number of rotatable bonds is 5. The van der Waals surface area contributed by atoms with Gasteiger partial charge in [-0.1, -0.05) is 18.2 Å². The summed E-state index contributed by atoms with van der Waals surface area (Å²) in [6.07, 6.45) is 1.63. The van der Waals surface area contributed by atoms with Crippen molar-refractivity contribution in [3.63, 3.8) is 0 Å². The third kappa shape index (κ3) is 4.03. The van der Waals surface area contributed by atoms with E-state index < -0.39 is 0 Å². The van der Waals surface area contributed by atoms with Crippen LogP contribution in [0.2, 0.25) is 0 Å². The topological polar surface area (TPSA) is 51.1 Å². The van der Waals surface area contributed by atoms with Crippen molar-refractivity contribution >= 4 is 11.4 Å². The summed E-state index contributed by atoms with van der Waals surface area (Å²) in [4.78, 5) is 16.3. The first kappa shape index (κ1) is 23.4. The molecular formula is C29H32N4O. The average Bonchev–Trinajstić information content (AvgIpc) is 2.83. The smallest absolute Gasteiger partial charge is 0.163 e. The molecule has 0 atom stereocenters. The molecule has 3 aromatic carbocycles. The predicted octanol–water partition coefficient (Wildman–Crippen LogP) is 6.83. The van der Waals surface area contributed by atoms with Gasteiger partial charge >= 0.3 is 0 Å². The van der Waals surface area contributed by atoms with Crippen LogP contribution in [0.5, 0.6) is 5.75 Å². The normalized spacial score (nSPS) is 10.9. The zero-order valence-electron chi connectivity index (χ0n) is 21.3. The van der Waals surface area contributed by atoms with Crippen molar-refractivity contribution in [1.82, 2.24) is 15.0 Å². The number of hydrogen-bond acceptors (Lipinski definition) is 5. The van der Waals surface area contributed by atoms with Crippen molar-refractivity contribution < 1.29 is 4.74 Å². The number of hydrogen-bond donors (Lipinski definition) is 0. The van der Waals surface area contributed by atoms with Crippen LogP contribution in [-0.4, -0.2) is 29.1 Å². The summed E-state index contributed by atoms with van der Waals surface area (Å²) in [5.74, 6) is 2.28. The zero-order chi connectivity index (χ0) is 24.6. The first-order chi connectivity index (χ1) is 16.2. The first-order valence-corrected chi connectivity index (χ1v) is 11.5. The van der Waals surface area contributed by atoms with E-state index >= 15 is 0 Å². The lowest BCUT2D eigenvalue weighted by atomic mass is 9.90. The minimum Gasteiger partial charge on any atom is -0.497 e. The monoisotopic (exact) mass is 452 g/mol. The van der Waals surface area contributed by atoms with Crippen LogP contribution in [0.1, 0.15) is 33.4 Å². The Bertz CT molecular complexity index is 1310. The molecule has 0 amide bonds. The van der Waals surface area contributed by atoms with Crippen LogP contribution in [0, 0.1) is 41.5 Å². The number of anilines is 2. The molecule has 174 valence electrons. The van der Waals surface area contributed by atoms with Gasteiger partial charge < -0.3 is 9.64 Å². The number of aryl methyl sites for hydroxylation is 2. The molecule has 1 heterocycles. The summed E-state index contributed by atoms with van der Waals surface area (Å²) >= 11 is 0. The van der Waals surface area contributed by atoms with Gasteiger partial charge in [0, 0.05) is 29.5 Å². The third-order valence-corrected chi connectivity index (χ3v) is 6.88. The zero-order valence-corrected chi connectivity index (χ0v) is 21.3. The highest BCUT2D eigenvalue weighted by molar-refractivity contribution is 5.80. The summed E-state index contributed by atoms with van der Waals surface area (Å²) in [7, 11) is 3.79. The molecule has 34 heavy (non-hydrogen) atoms. The molecule has 4 rings (SSSR count). The van der Waals surface area contributed by atoms with E-state index in [1.165, 1.54) is 27.9 Å². The fourth-order valence-corrected chi connectivity index (χ4v) is 4.77. The van der Waals surface area contributed by atoms with Gasteiger partial charge in [-0.15, -0.1) is 0 Å². The molecule has 5 heteroatoms. The second-order valence-corrected chi connectivity index (χ2v) is 8.88. The standard InChI is InChI=1S/C29H32N4O/c1-17-10-9-11-18(2)25(17)28-30-16-31-29(32-28)26-19(3)21(5)27(22(6)20(26)4)33(7)23-12-14-24(34-8)15-13-23/h9-16H,1-8H3. The van der Waals surface area contributed by atoms with E-state index in [1.807, 2.05) is 12.1 Å². The van der Waals surface area contributed by atoms with Gasteiger partial charge in [-0.2, -0.15) is 0 Å². The van der Waals surface area contributed by atoms with Crippen molar-refractivity contribution in [2.24, 2.45) is 0 Å². The third-order valence-electron chi connectivity index (χ3n) is 6.88. The fourth-order valence-electron chi connectivity index (χ4n) is 4.77. The van der Waals surface area contributed by atoms with Gasteiger partial charge in [0.05, 0.1) is 7.11 Å². The average molecular weight is 453 g/mol. The Labute approximate surface area is 202 Å². The largest absolute Gasteiger partial charge is 0.497 e. The maximum Gasteiger partial charge on any atom is 0.163 e. The van der Waals surface area contributed by atoms with Gasteiger partial charge in [0.1, 0.15) is 12.1 Å². The molecule has 0 radical (unpaired) electrons. The summed E-state index contributed by atoms with van der Waals surface area (Å²) in [5.41, 5.74) is 11.6. The molecule has 0 bridgehead atoms. The van der Waals surface area contributed by atoms with Crippen LogP contribution in [0.15, 0.2) is 48.8 Å². The lowest BCUT2D eigenvalue weighted by molar-refractivity contribution is 0.415. The Hall–Kier alpha value is -3.73. The van der Waals surface area contributed by atoms with Gasteiger partial charge in [-0.25, -0.2) is 15.0 Å². The van der Waals surface area contributed by atoms with E-state index in [1.54, 1.807) is 13.4 Å². The summed E-state index contributed by atoms with van der Waals surface area (Å²) in [5, 5.41) is 0. The highest BCUT2D eigenvalue weighted by atomic mass is 16.5. The fraction of sp³-hybridized carbons (Fsp3) is 0.276. The van der Waals surface area contributed by atoms with Crippen molar-refractivity contribution in [3.8, 4) is 28.5 Å². The number of benzene rings is 3. The van der Waals surface area contributed by atoms with Crippen LogP contribution in [0.25, 0.3) is 22.8 Å². The summed E-state index contributed by atoms with van der Waals surface area (Å²) < 4.78 is 5.32. The van der Waals surface area contributed by atoms with E-state index in [9.17, 15) is 0 Å². The minimum absolute atomic E-state index is 0.715. The number of ether oxygens (including phenoxy) is 1. The van der Waals surface area contributed by atoms with Crippen molar-refractivity contribution in [2.75, 3.05) is 19.1 Å². The molecule has 0 unspecified atom stereocenters. The highest BCUT2D eigenvalue weighted by Gasteiger charge is 2.21. The van der Waals surface area contributed by atoms with Crippen molar-refractivity contribution in [1.29, 1.82) is 0 Å². The SMILES string of the molecule is COc1ccc(N(C)c2c(C)c(C)c(-c3ncnc(-c4c(C)cccc4C)n3)c(C)c2C)cc1. The Morgan fingerprint density at radius 2 is 1.21 bits per heavy atom. The van der Waals surface area contributed by atoms with Gasteiger partial charge in [0.2, 0.25) is 0 Å². The molecule has 4 aromatic rings. The molecule has 0 aliphatic carbocycles. The van der Waals surface area contributed by atoms with Crippen molar-refractivity contribution in [3.05, 3.63) is 82.2 Å². The van der Waals surface area contributed by atoms with Gasteiger partial charge in [0.25, 0.3) is 0 Å². The molecule has 5 nitrogen and oxygen atoms in total. The van der Waals surface area contributed by atoms with Gasteiger partial charge in [-0.3, -0.25) is 0 Å². The van der Waals surface area contributed by atoms with Gasteiger partial charge in [-0.05, 0) is 99.2 Å². The number of methoxy groups -OCH3 is 1. The van der Waals surface area contributed by atoms with E-state index in [0.29, 0.717) is 11.6 Å². The van der Waals surface area contributed by atoms with E-state index in [4.69, 9.17) is 9.72 Å². The Morgan fingerprint density at radius 3 is 1.74 bits per heavy atom. The van der Waals surface area contributed by atoms with Gasteiger partial charge in [0.15, 0.2) is 11.6 Å². The molecule has 0 spiro atoms. The Kier molecular flexibility index (Phi) is 6.38. The maximum absolute atomic E-state index is 5.32. The summed E-state index contributed by atoms with van der Waals surface area (Å²) in [6.45, 7) is 12.9. The number of nitrogens with zero attached hydrogens (tertiary/aromatic N) is 4. The van der Waals surface area contributed by atoms with Crippen molar-refractivity contribution in [2.45, 2.75) is 41.5 Å². The molecule has 0 saturated carbocycles. The molecule has 0 N–H and O–H groups in total. The lowest BCUT2D eigenvalue weighted by Crippen LogP contribution is -2.15.